The second-order valence-corrected chi connectivity index (χ2v) is 0. The third-order valence-electron chi connectivity index (χ3n) is 0. The van der Waals surface area contributed by atoms with Gasteiger partial charge in [0.2, 0.25) is 0 Å². The maximum absolute atomic E-state index is 8.25. The SMILES string of the molecule is C[O-].[Cl-].[H-].[H-].[Zr+4]. The molecule has 0 radical (unpaired) electrons. The van der Waals surface area contributed by atoms with Crippen molar-refractivity contribution in [1.82, 2.24) is 0 Å². The zero-order valence-electron chi connectivity index (χ0n) is 4.29. The van der Waals surface area contributed by atoms with Crippen molar-refractivity contribution in [3.05, 3.63) is 0 Å². The van der Waals surface area contributed by atoms with Gasteiger partial charge in [-0.25, -0.2) is 0 Å². The topological polar surface area (TPSA) is 23.1 Å². The van der Waals surface area contributed by atoms with Gasteiger partial charge < -0.3 is 20.4 Å². The molecule has 0 N–H and O–H groups in total. The molecule has 26 valence electrons. The van der Waals surface area contributed by atoms with E-state index >= 15 is 0 Å². The Bertz CT molecular complexity index is 13.5. The molecule has 0 spiro atoms. The van der Waals surface area contributed by atoms with Gasteiger partial charge in [0.1, 0.15) is 0 Å². The Morgan fingerprint density at radius 1 is 1.50 bits per heavy atom. The van der Waals surface area contributed by atoms with Gasteiger partial charge in [0.25, 0.3) is 0 Å². The van der Waals surface area contributed by atoms with Gasteiger partial charge in [-0.3, -0.25) is 0 Å². The zero-order chi connectivity index (χ0) is 2.00. The first kappa shape index (κ1) is 19.3. The molecule has 0 saturated carbocycles. The van der Waals surface area contributed by atoms with Gasteiger partial charge in [-0.2, -0.15) is 7.11 Å². The average molecular weight is 160 g/mol. The number of rotatable bonds is 0. The fraction of sp³-hybridized carbons (Fsp3) is 1.00. The summed E-state index contributed by atoms with van der Waals surface area (Å²) in [6.07, 6.45) is 0. The molecule has 0 aliphatic rings. The Kier molecular flexibility index (Phi) is 152. The van der Waals surface area contributed by atoms with Crippen LogP contribution >= 0.6 is 0 Å². The van der Waals surface area contributed by atoms with Crippen molar-refractivity contribution in [2.24, 2.45) is 0 Å². The average Bonchev–Trinajstić information content (AvgIpc) is 1.00. The number of hydrogen-bond acceptors (Lipinski definition) is 1. The second-order valence-electron chi connectivity index (χ2n) is 0. The summed E-state index contributed by atoms with van der Waals surface area (Å²) in [7, 11) is 0.750. The Balaban J connectivity index is -0.000000000833. The van der Waals surface area contributed by atoms with E-state index in [2.05, 4.69) is 0 Å². The van der Waals surface area contributed by atoms with Crippen LogP contribution < -0.4 is 17.5 Å². The largest absolute Gasteiger partial charge is 4.00 e. The van der Waals surface area contributed by atoms with E-state index in [1.807, 2.05) is 0 Å². The third kappa shape index (κ3) is 11.1. The Morgan fingerprint density at radius 2 is 1.50 bits per heavy atom. The van der Waals surface area contributed by atoms with Gasteiger partial charge in [0.15, 0.2) is 0 Å². The summed E-state index contributed by atoms with van der Waals surface area (Å²) in [5, 5.41) is 8.25. The number of halogens is 1. The maximum Gasteiger partial charge on any atom is 4.00 e. The van der Waals surface area contributed by atoms with Gasteiger partial charge >= 0.3 is 26.2 Å². The molecule has 0 aliphatic heterocycles. The van der Waals surface area contributed by atoms with E-state index in [9.17, 15) is 0 Å². The minimum Gasteiger partial charge on any atom is -1.00 e. The predicted molar refractivity (Wildman–Crippen MR) is 8.15 cm³/mol. The fourth-order valence-electron chi connectivity index (χ4n) is 0. The van der Waals surface area contributed by atoms with Gasteiger partial charge in [-0.05, 0) is 0 Å². The van der Waals surface area contributed by atoms with Gasteiger partial charge in [0.05, 0.1) is 0 Å². The normalized spacial score (nSPS) is 1.50. The molecule has 0 amide bonds. The van der Waals surface area contributed by atoms with Gasteiger partial charge in [0, 0.05) is 0 Å². The van der Waals surface area contributed by atoms with E-state index in [0.29, 0.717) is 0 Å². The molecule has 1 nitrogen and oxygen atoms in total. The summed E-state index contributed by atoms with van der Waals surface area (Å²) in [6, 6.07) is 0. The first-order chi connectivity index (χ1) is 1.00. The van der Waals surface area contributed by atoms with Crippen LogP contribution in [0.1, 0.15) is 2.85 Å². The maximum atomic E-state index is 8.25. The molecule has 0 aromatic carbocycles. The standard InChI is InChI=1S/CH3O.ClH.Zr.2H/c1-2;;;;/h1H3;1H;;;/q-1;;+4;2*-1/p-1. The van der Waals surface area contributed by atoms with Crippen molar-refractivity contribution in [3.63, 3.8) is 0 Å². The molecular formula is CH5ClOZr. The van der Waals surface area contributed by atoms with Crippen molar-refractivity contribution >= 4 is 0 Å². The monoisotopic (exact) mass is 158 g/mol. The molecule has 0 aromatic rings. The second kappa shape index (κ2) is 31.6. The Morgan fingerprint density at radius 3 is 1.50 bits per heavy atom. The molecule has 4 heavy (non-hydrogen) atoms. The third-order valence-corrected chi connectivity index (χ3v) is 0. The molecule has 3 heteroatoms. The molecule has 0 heterocycles. The summed E-state index contributed by atoms with van der Waals surface area (Å²) in [5.74, 6) is 0. The molecule has 0 aromatic heterocycles. The van der Waals surface area contributed by atoms with E-state index in [-0.39, 0.29) is 41.5 Å². The number of hydrogen-bond donors (Lipinski definition) is 0. The predicted octanol–water partition coefficient (Wildman–Crippen LogP) is -3.80. The van der Waals surface area contributed by atoms with E-state index in [1.54, 1.807) is 0 Å². The van der Waals surface area contributed by atoms with Crippen molar-refractivity contribution in [2.45, 2.75) is 0 Å². The molecular weight excluding hydrogens is 155 g/mol. The minimum absolute atomic E-state index is 0. The van der Waals surface area contributed by atoms with Crippen LogP contribution in [0, 0.1) is 0 Å². The first-order valence-electron chi connectivity index (χ1n) is 0.408. The van der Waals surface area contributed by atoms with Crippen molar-refractivity contribution in [2.75, 3.05) is 7.11 Å². The first-order valence-corrected chi connectivity index (χ1v) is 0.408. The molecule has 0 saturated heterocycles. The van der Waals surface area contributed by atoms with E-state index in [1.165, 1.54) is 0 Å². The van der Waals surface area contributed by atoms with Crippen LogP contribution in [0.2, 0.25) is 0 Å². The smallest absolute Gasteiger partial charge is 1.00 e. The molecule has 0 aliphatic carbocycles. The van der Waals surface area contributed by atoms with Crippen LogP contribution in [0.5, 0.6) is 0 Å². The van der Waals surface area contributed by atoms with Crippen LogP contribution in [-0.4, -0.2) is 7.11 Å². The Hall–Kier alpha value is 1.13. The van der Waals surface area contributed by atoms with Crippen molar-refractivity contribution in [1.29, 1.82) is 0 Å². The van der Waals surface area contributed by atoms with Crippen LogP contribution in [0.25, 0.3) is 0 Å². The van der Waals surface area contributed by atoms with Crippen molar-refractivity contribution in [3.8, 4) is 0 Å². The Labute approximate surface area is 53.9 Å². The van der Waals surface area contributed by atoms with Gasteiger partial charge in [-0.15, -0.1) is 0 Å². The molecule has 0 fully saturated rings. The van der Waals surface area contributed by atoms with Gasteiger partial charge in [-0.1, -0.05) is 0 Å². The van der Waals surface area contributed by atoms with Crippen molar-refractivity contribution < 1.29 is 46.6 Å². The summed E-state index contributed by atoms with van der Waals surface area (Å²) >= 11 is 0. The molecule has 0 unspecified atom stereocenters. The van der Waals surface area contributed by atoms with Crippen LogP contribution in [-0.2, 0) is 26.2 Å². The van der Waals surface area contributed by atoms with Crippen LogP contribution in [0.4, 0.5) is 0 Å². The molecule has 0 bridgehead atoms. The van der Waals surface area contributed by atoms with E-state index < -0.39 is 0 Å². The summed E-state index contributed by atoms with van der Waals surface area (Å²) in [5.41, 5.74) is 0. The zero-order valence-corrected chi connectivity index (χ0v) is 5.50. The fourth-order valence-corrected chi connectivity index (χ4v) is 0. The summed E-state index contributed by atoms with van der Waals surface area (Å²) < 4.78 is 0. The minimum atomic E-state index is 0. The quantitative estimate of drug-likeness (QED) is 0.356. The van der Waals surface area contributed by atoms with Crippen LogP contribution in [0.3, 0.4) is 0 Å². The van der Waals surface area contributed by atoms with E-state index in [4.69, 9.17) is 5.11 Å². The van der Waals surface area contributed by atoms with Crippen LogP contribution in [0.15, 0.2) is 0 Å². The molecule has 0 atom stereocenters. The summed E-state index contributed by atoms with van der Waals surface area (Å²) in [6.45, 7) is 0. The summed E-state index contributed by atoms with van der Waals surface area (Å²) in [4.78, 5) is 0. The van der Waals surface area contributed by atoms with E-state index in [0.717, 1.165) is 7.11 Å². The molecule has 0 rings (SSSR count).